The Bertz CT molecular complexity index is 317. The number of ether oxygens (including phenoxy) is 2. The van der Waals surface area contributed by atoms with Crippen molar-refractivity contribution in [1.82, 2.24) is 4.98 Å². The van der Waals surface area contributed by atoms with Gasteiger partial charge in [-0.2, -0.15) is 0 Å². The predicted molar refractivity (Wildman–Crippen MR) is 47.8 cm³/mol. The lowest BCUT2D eigenvalue weighted by atomic mass is 10.3. The van der Waals surface area contributed by atoms with Crippen LogP contribution in [0.25, 0.3) is 0 Å². The van der Waals surface area contributed by atoms with Gasteiger partial charge in [0.05, 0.1) is 0 Å². The summed E-state index contributed by atoms with van der Waals surface area (Å²) >= 11 is 0. The third-order valence-electron chi connectivity index (χ3n) is 1.73. The van der Waals surface area contributed by atoms with Crippen molar-refractivity contribution in [1.29, 1.82) is 0 Å². The molecule has 4 heteroatoms. The molecule has 0 saturated heterocycles. The first-order chi connectivity index (χ1) is 6.40. The molecule has 1 N–H and O–H groups in total. The maximum atomic E-state index is 5.15. The smallest absolute Gasteiger partial charge is 0.283 e. The van der Waals surface area contributed by atoms with Crippen LogP contribution in [-0.2, 0) is 9.47 Å². The molecule has 2 heterocycles. The number of pyridine rings is 1. The third-order valence-corrected chi connectivity index (χ3v) is 1.73. The summed E-state index contributed by atoms with van der Waals surface area (Å²) in [7, 11) is 1.82. The van der Waals surface area contributed by atoms with Gasteiger partial charge in [-0.3, -0.25) is 0 Å². The molecule has 0 atom stereocenters. The van der Waals surface area contributed by atoms with Crippen molar-refractivity contribution in [2.24, 2.45) is 0 Å². The Balaban J connectivity index is 2.19. The van der Waals surface area contributed by atoms with Crippen molar-refractivity contribution in [3.8, 4) is 0 Å². The average molecular weight is 178 g/mol. The summed E-state index contributed by atoms with van der Waals surface area (Å²) in [4.78, 5) is 4.27. The molecule has 1 aromatic rings. The minimum absolute atomic E-state index is 0.395. The van der Waals surface area contributed by atoms with Gasteiger partial charge in [0.1, 0.15) is 24.0 Å². The number of rotatable bonds is 2. The van der Waals surface area contributed by atoms with Gasteiger partial charge in [-0.25, -0.2) is 4.98 Å². The van der Waals surface area contributed by atoms with Gasteiger partial charge < -0.3 is 14.8 Å². The maximum Gasteiger partial charge on any atom is 0.283 e. The summed E-state index contributed by atoms with van der Waals surface area (Å²) in [5, 5.41) is 2.95. The topological polar surface area (TPSA) is 43.4 Å². The van der Waals surface area contributed by atoms with Gasteiger partial charge in [-0.15, -0.1) is 0 Å². The molecule has 68 valence electrons. The van der Waals surface area contributed by atoms with E-state index in [0.29, 0.717) is 0 Å². The van der Waals surface area contributed by atoms with E-state index in [2.05, 4.69) is 10.3 Å². The SMILES string of the molecule is CNc1cccc(C2OC=CO2)n1. The Hall–Kier alpha value is -1.71. The second kappa shape index (κ2) is 3.35. The van der Waals surface area contributed by atoms with Crippen LogP contribution in [-0.4, -0.2) is 12.0 Å². The van der Waals surface area contributed by atoms with E-state index in [1.54, 1.807) is 0 Å². The first-order valence-corrected chi connectivity index (χ1v) is 4.01. The number of aromatic nitrogens is 1. The Labute approximate surface area is 76.2 Å². The highest BCUT2D eigenvalue weighted by Crippen LogP contribution is 2.22. The molecule has 0 saturated carbocycles. The highest BCUT2D eigenvalue weighted by molar-refractivity contribution is 5.34. The average Bonchev–Trinajstić information content (AvgIpc) is 2.71. The number of nitrogens with one attached hydrogen (secondary N) is 1. The molecule has 4 nitrogen and oxygen atoms in total. The first kappa shape index (κ1) is 7.91. The number of nitrogens with zero attached hydrogens (tertiary/aromatic N) is 1. The zero-order valence-electron chi connectivity index (χ0n) is 7.23. The Kier molecular flexibility index (Phi) is 2.04. The Morgan fingerprint density at radius 3 is 2.77 bits per heavy atom. The summed E-state index contributed by atoms with van der Waals surface area (Å²) in [5.74, 6) is 0.802. The summed E-state index contributed by atoms with van der Waals surface area (Å²) in [6.07, 6.45) is 2.63. The van der Waals surface area contributed by atoms with Gasteiger partial charge in [0.15, 0.2) is 0 Å². The van der Waals surface area contributed by atoms with Crippen molar-refractivity contribution in [3.05, 3.63) is 36.4 Å². The van der Waals surface area contributed by atoms with Crippen LogP contribution < -0.4 is 5.32 Å². The van der Waals surface area contributed by atoms with Gasteiger partial charge in [0, 0.05) is 7.05 Å². The van der Waals surface area contributed by atoms with E-state index in [9.17, 15) is 0 Å². The van der Waals surface area contributed by atoms with Gasteiger partial charge in [-0.05, 0) is 12.1 Å². The highest BCUT2D eigenvalue weighted by Gasteiger charge is 2.16. The van der Waals surface area contributed by atoms with E-state index < -0.39 is 6.29 Å². The zero-order valence-corrected chi connectivity index (χ0v) is 7.23. The van der Waals surface area contributed by atoms with E-state index in [1.165, 1.54) is 12.5 Å². The van der Waals surface area contributed by atoms with Crippen molar-refractivity contribution >= 4 is 5.82 Å². The number of hydrogen-bond donors (Lipinski definition) is 1. The van der Waals surface area contributed by atoms with Crippen LogP contribution in [0.3, 0.4) is 0 Å². The number of anilines is 1. The Morgan fingerprint density at radius 1 is 1.31 bits per heavy atom. The molecule has 1 aromatic heterocycles. The van der Waals surface area contributed by atoms with Crippen LogP contribution in [0.2, 0.25) is 0 Å². The van der Waals surface area contributed by atoms with Gasteiger partial charge in [0.2, 0.25) is 0 Å². The van der Waals surface area contributed by atoms with Crippen LogP contribution in [0.5, 0.6) is 0 Å². The summed E-state index contributed by atoms with van der Waals surface area (Å²) in [5.41, 5.74) is 0.761. The molecule has 0 spiro atoms. The summed E-state index contributed by atoms with van der Waals surface area (Å²) < 4.78 is 10.3. The minimum Gasteiger partial charge on any atom is -0.454 e. The van der Waals surface area contributed by atoms with Crippen molar-refractivity contribution < 1.29 is 9.47 Å². The molecule has 13 heavy (non-hydrogen) atoms. The molecule has 1 aliphatic rings. The third kappa shape index (κ3) is 1.56. The van der Waals surface area contributed by atoms with Crippen molar-refractivity contribution in [2.45, 2.75) is 6.29 Å². The van der Waals surface area contributed by atoms with Crippen LogP contribution in [0.4, 0.5) is 5.82 Å². The van der Waals surface area contributed by atoms with E-state index in [1.807, 2.05) is 25.2 Å². The molecule has 0 fully saturated rings. The quantitative estimate of drug-likeness (QED) is 0.747. The molecular formula is C9H10N2O2. The van der Waals surface area contributed by atoms with E-state index in [-0.39, 0.29) is 0 Å². The fraction of sp³-hybridized carbons (Fsp3) is 0.222. The molecule has 0 amide bonds. The standard InChI is InChI=1S/C9H10N2O2/c1-10-8-4-2-3-7(11-8)9-12-5-6-13-9/h2-6,9H,1H3,(H,10,11). The summed E-state index contributed by atoms with van der Waals surface area (Å²) in [6, 6.07) is 5.64. The molecule has 0 aromatic carbocycles. The van der Waals surface area contributed by atoms with E-state index in [0.717, 1.165) is 11.5 Å². The predicted octanol–water partition coefficient (Wildman–Crippen LogP) is 1.64. The molecule has 0 unspecified atom stereocenters. The zero-order chi connectivity index (χ0) is 9.10. The highest BCUT2D eigenvalue weighted by atomic mass is 16.7. The minimum atomic E-state index is -0.395. The van der Waals surface area contributed by atoms with Gasteiger partial charge >= 0.3 is 0 Å². The Morgan fingerprint density at radius 2 is 2.08 bits per heavy atom. The number of hydrogen-bond acceptors (Lipinski definition) is 4. The maximum absolute atomic E-state index is 5.15. The van der Waals surface area contributed by atoms with Crippen molar-refractivity contribution in [2.75, 3.05) is 12.4 Å². The van der Waals surface area contributed by atoms with Crippen LogP contribution in [0.1, 0.15) is 12.0 Å². The van der Waals surface area contributed by atoms with Crippen LogP contribution >= 0.6 is 0 Å². The first-order valence-electron chi connectivity index (χ1n) is 4.01. The van der Waals surface area contributed by atoms with Crippen LogP contribution in [0, 0.1) is 0 Å². The van der Waals surface area contributed by atoms with Crippen LogP contribution in [0.15, 0.2) is 30.7 Å². The lowest BCUT2D eigenvalue weighted by Crippen LogP contribution is -2.02. The molecule has 0 bridgehead atoms. The van der Waals surface area contributed by atoms with Gasteiger partial charge in [-0.1, -0.05) is 6.07 Å². The van der Waals surface area contributed by atoms with E-state index in [4.69, 9.17) is 9.47 Å². The fourth-order valence-electron chi connectivity index (χ4n) is 1.10. The molecule has 2 rings (SSSR count). The second-order valence-corrected chi connectivity index (χ2v) is 2.57. The molecule has 0 radical (unpaired) electrons. The monoisotopic (exact) mass is 178 g/mol. The molecular weight excluding hydrogens is 168 g/mol. The lowest BCUT2D eigenvalue weighted by Gasteiger charge is -2.10. The normalized spacial score (nSPS) is 15.2. The molecule has 1 aliphatic heterocycles. The largest absolute Gasteiger partial charge is 0.454 e. The fourth-order valence-corrected chi connectivity index (χ4v) is 1.10. The summed E-state index contributed by atoms with van der Waals surface area (Å²) in [6.45, 7) is 0. The van der Waals surface area contributed by atoms with Gasteiger partial charge in [0.25, 0.3) is 6.29 Å². The van der Waals surface area contributed by atoms with E-state index >= 15 is 0 Å². The lowest BCUT2D eigenvalue weighted by molar-refractivity contribution is -0.0278. The second-order valence-electron chi connectivity index (χ2n) is 2.57. The van der Waals surface area contributed by atoms with Crippen molar-refractivity contribution in [3.63, 3.8) is 0 Å². The molecule has 0 aliphatic carbocycles.